The van der Waals surface area contributed by atoms with Crippen molar-refractivity contribution in [3.05, 3.63) is 35.4 Å². The minimum atomic E-state index is -0.411. The maximum Gasteiger partial charge on any atom is 0.225 e. The summed E-state index contributed by atoms with van der Waals surface area (Å²) in [6.45, 7) is 3.24. The molecule has 5 nitrogen and oxygen atoms in total. The molecule has 2 atom stereocenters. The molecule has 1 fully saturated rings. The van der Waals surface area contributed by atoms with Crippen molar-refractivity contribution in [2.24, 2.45) is 0 Å². The van der Waals surface area contributed by atoms with Crippen molar-refractivity contribution in [2.75, 3.05) is 19.6 Å². The van der Waals surface area contributed by atoms with Gasteiger partial charge in [0.2, 0.25) is 11.8 Å². The van der Waals surface area contributed by atoms with Crippen LogP contribution in [0.1, 0.15) is 36.9 Å². The van der Waals surface area contributed by atoms with Crippen LogP contribution in [-0.2, 0) is 16.0 Å². The van der Waals surface area contributed by atoms with Gasteiger partial charge in [-0.25, -0.2) is 0 Å². The van der Waals surface area contributed by atoms with Crippen molar-refractivity contribution in [3.63, 3.8) is 0 Å². The molecule has 1 saturated heterocycles. The molecule has 0 spiro atoms. The van der Waals surface area contributed by atoms with Gasteiger partial charge < -0.3 is 14.9 Å². The lowest BCUT2D eigenvalue weighted by Crippen LogP contribution is -2.41. The molecule has 1 aromatic carbocycles. The first-order valence-electron chi connectivity index (χ1n) is 7.87. The van der Waals surface area contributed by atoms with Crippen molar-refractivity contribution < 1.29 is 14.7 Å². The fourth-order valence-electron chi connectivity index (χ4n) is 3.51. The average Bonchev–Trinajstić information content (AvgIpc) is 2.94. The summed E-state index contributed by atoms with van der Waals surface area (Å²) < 4.78 is 0. The Kier molecular flexibility index (Phi) is 4.16. The monoisotopic (exact) mass is 302 g/mol. The second kappa shape index (κ2) is 6.08. The lowest BCUT2D eigenvalue weighted by atomic mass is 9.90. The molecule has 118 valence electrons. The van der Waals surface area contributed by atoms with E-state index >= 15 is 0 Å². The smallest absolute Gasteiger partial charge is 0.225 e. The summed E-state index contributed by atoms with van der Waals surface area (Å²) in [5.74, 6) is 0.0262. The quantitative estimate of drug-likeness (QED) is 0.890. The van der Waals surface area contributed by atoms with Gasteiger partial charge in [0.15, 0.2) is 0 Å². The molecule has 5 heteroatoms. The number of aliphatic hydroxyl groups excluding tert-OH is 1. The molecule has 1 aromatic rings. The van der Waals surface area contributed by atoms with E-state index in [9.17, 15) is 14.7 Å². The van der Waals surface area contributed by atoms with Gasteiger partial charge in [-0.3, -0.25) is 9.59 Å². The lowest BCUT2D eigenvalue weighted by molar-refractivity contribution is -0.136. The summed E-state index contributed by atoms with van der Waals surface area (Å²) in [6, 6.07) is 7.86. The van der Waals surface area contributed by atoms with Crippen LogP contribution >= 0.6 is 0 Å². The zero-order chi connectivity index (χ0) is 15.7. The molecular weight excluding hydrogens is 280 g/mol. The number of fused-ring (bicyclic) bond motifs is 1. The van der Waals surface area contributed by atoms with Crippen LogP contribution in [0, 0.1) is 0 Å². The second-order valence-corrected chi connectivity index (χ2v) is 6.16. The maximum absolute atomic E-state index is 12.5. The van der Waals surface area contributed by atoms with Crippen LogP contribution in [0.25, 0.3) is 0 Å². The maximum atomic E-state index is 12.5. The first kappa shape index (κ1) is 15.0. The number of aliphatic hydroxyl groups is 1. The van der Waals surface area contributed by atoms with E-state index in [4.69, 9.17) is 0 Å². The minimum absolute atomic E-state index is 0.00811. The Morgan fingerprint density at radius 1 is 1.27 bits per heavy atom. The van der Waals surface area contributed by atoms with E-state index in [0.29, 0.717) is 32.5 Å². The van der Waals surface area contributed by atoms with Crippen molar-refractivity contribution in [3.8, 4) is 0 Å². The van der Waals surface area contributed by atoms with Crippen LogP contribution < -0.4 is 0 Å². The molecule has 0 radical (unpaired) electrons. The zero-order valence-electron chi connectivity index (χ0n) is 12.9. The summed E-state index contributed by atoms with van der Waals surface area (Å²) in [7, 11) is 0. The van der Waals surface area contributed by atoms with Crippen molar-refractivity contribution >= 4 is 11.8 Å². The van der Waals surface area contributed by atoms with E-state index < -0.39 is 6.10 Å². The van der Waals surface area contributed by atoms with Gasteiger partial charge in [-0.05, 0) is 24.0 Å². The topological polar surface area (TPSA) is 60.9 Å². The lowest BCUT2D eigenvalue weighted by Gasteiger charge is -2.37. The van der Waals surface area contributed by atoms with Gasteiger partial charge in [-0.2, -0.15) is 0 Å². The normalized spacial score (nSPS) is 24.3. The van der Waals surface area contributed by atoms with E-state index in [1.54, 1.807) is 16.7 Å². The number of amides is 2. The molecule has 1 unspecified atom stereocenters. The van der Waals surface area contributed by atoms with Crippen molar-refractivity contribution in [1.82, 2.24) is 9.80 Å². The van der Waals surface area contributed by atoms with Gasteiger partial charge in [0.25, 0.3) is 0 Å². The first-order chi connectivity index (χ1) is 10.6. The molecule has 2 aliphatic heterocycles. The van der Waals surface area contributed by atoms with Crippen molar-refractivity contribution in [2.45, 2.75) is 38.3 Å². The molecule has 0 aromatic heterocycles. The number of carbonyl (C=O) groups excluding carboxylic acids is 2. The molecule has 1 N–H and O–H groups in total. The van der Waals surface area contributed by atoms with Crippen LogP contribution in [0.4, 0.5) is 0 Å². The van der Waals surface area contributed by atoms with Crippen LogP contribution in [-0.4, -0.2) is 52.5 Å². The van der Waals surface area contributed by atoms with E-state index in [2.05, 4.69) is 6.07 Å². The summed E-state index contributed by atoms with van der Waals surface area (Å²) in [5.41, 5.74) is 2.30. The standard InChI is InChI=1S/C17H22N2O3/c1-12(20)19-9-6-13-4-2-3-5-15(13)16(19)10-17(22)18-8-7-14(21)11-18/h2-5,14,16,21H,6-11H2,1H3/t14-,16?/m1/s1. The van der Waals surface area contributed by atoms with Gasteiger partial charge in [0.1, 0.15) is 0 Å². The number of carbonyl (C=O) groups is 2. The number of benzene rings is 1. The average molecular weight is 302 g/mol. The molecule has 0 saturated carbocycles. The second-order valence-electron chi connectivity index (χ2n) is 6.16. The number of nitrogens with zero attached hydrogens (tertiary/aromatic N) is 2. The molecule has 22 heavy (non-hydrogen) atoms. The molecular formula is C17H22N2O3. The zero-order valence-corrected chi connectivity index (χ0v) is 12.9. The van der Waals surface area contributed by atoms with E-state index in [-0.39, 0.29) is 17.9 Å². The highest BCUT2D eigenvalue weighted by Gasteiger charge is 2.33. The number of likely N-dealkylation sites (tertiary alicyclic amines) is 1. The first-order valence-corrected chi connectivity index (χ1v) is 7.87. The molecule has 0 aliphatic carbocycles. The summed E-state index contributed by atoms with van der Waals surface area (Å²) in [4.78, 5) is 28.0. The Morgan fingerprint density at radius 2 is 2.05 bits per heavy atom. The van der Waals surface area contributed by atoms with E-state index in [1.165, 1.54) is 5.56 Å². The summed E-state index contributed by atoms with van der Waals surface area (Å²) in [5, 5.41) is 9.59. The predicted octanol–water partition coefficient (Wildman–Crippen LogP) is 1.12. The highest BCUT2D eigenvalue weighted by Crippen LogP contribution is 2.33. The highest BCUT2D eigenvalue weighted by atomic mass is 16.3. The highest BCUT2D eigenvalue weighted by molar-refractivity contribution is 5.80. The number of hydrogen-bond donors (Lipinski definition) is 1. The van der Waals surface area contributed by atoms with Gasteiger partial charge in [-0.1, -0.05) is 24.3 Å². The Morgan fingerprint density at radius 3 is 2.73 bits per heavy atom. The Hall–Kier alpha value is -1.88. The fourth-order valence-corrected chi connectivity index (χ4v) is 3.51. The van der Waals surface area contributed by atoms with Crippen molar-refractivity contribution in [1.29, 1.82) is 0 Å². The molecule has 3 rings (SSSR count). The largest absolute Gasteiger partial charge is 0.391 e. The molecule has 2 aliphatic rings. The van der Waals surface area contributed by atoms with Crippen LogP contribution in [0.5, 0.6) is 0 Å². The third-order valence-electron chi connectivity index (χ3n) is 4.70. The summed E-state index contributed by atoms with van der Waals surface area (Å²) in [6.07, 6.45) is 1.36. The minimum Gasteiger partial charge on any atom is -0.391 e. The van der Waals surface area contributed by atoms with Crippen LogP contribution in [0.2, 0.25) is 0 Å². The van der Waals surface area contributed by atoms with E-state index in [0.717, 1.165) is 12.0 Å². The van der Waals surface area contributed by atoms with Crippen LogP contribution in [0.3, 0.4) is 0 Å². The summed E-state index contributed by atoms with van der Waals surface area (Å²) >= 11 is 0. The van der Waals surface area contributed by atoms with Gasteiger partial charge >= 0.3 is 0 Å². The SMILES string of the molecule is CC(=O)N1CCc2ccccc2C1CC(=O)N1CC[C@@H](O)C1. The third kappa shape index (κ3) is 2.86. The Bertz CT molecular complexity index is 587. The number of β-amino-alcohol motifs (C(OH)–C–C–N with tert-alkyl or cyclic N) is 1. The third-order valence-corrected chi connectivity index (χ3v) is 4.70. The molecule has 2 amide bonds. The van der Waals surface area contributed by atoms with E-state index in [1.807, 2.05) is 18.2 Å². The van der Waals surface area contributed by atoms with Gasteiger partial charge in [0, 0.05) is 26.6 Å². The fraction of sp³-hybridized carbons (Fsp3) is 0.529. The van der Waals surface area contributed by atoms with Gasteiger partial charge in [0.05, 0.1) is 18.6 Å². The Labute approximate surface area is 130 Å². The van der Waals surface area contributed by atoms with Gasteiger partial charge in [-0.15, -0.1) is 0 Å². The number of rotatable bonds is 2. The Balaban J connectivity index is 1.82. The predicted molar refractivity (Wildman–Crippen MR) is 82.1 cm³/mol. The molecule has 2 heterocycles. The van der Waals surface area contributed by atoms with Crippen LogP contribution in [0.15, 0.2) is 24.3 Å². The number of hydrogen-bond acceptors (Lipinski definition) is 3. The molecule has 0 bridgehead atoms.